The summed E-state index contributed by atoms with van der Waals surface area (Å²) < 4.78 is 5.51. The van der Waals surface area contributed by atoms with Crippen LogP contribution in [0.3, 0.4) is 0 Å². The molecule has 2 N–H and O–H groups in total. The lowest BCUT2D eigenvalue weighted by Crippen LogP contribution is -2.13. The number of halogens is 1. The Kier molecular flexibility index (Phi) is 5.24. The van der Waals surface area contributed by atoms with Crippen LogP contribution < -0.4 is 10.1 Å². The molecular formula is C17H16ClNO4. The molecule has 0 saturated carbocycles. The predicted molar refractivity (Wildman–Crippen MR) is 88.6 cm³/mol. The van der Waals surface area contributed by atoms with Gasteiger partial charge in [-0.15, -0.1) is 0 Å². The zero-order valence-corrected chi connectivity index (χ0v) is 13.4. The molecule has 0 saturated heterocycles. The average Bonchev–Trinajstić information content (AvgIpc) is 2.49. The molecule has 0 spiro atoms. The molecule has 23 heavy (non-hydrogen) atoms. The van der Waals surface area contributed by atoms with Gasteiger partial charge in [0.25, 0.3) is 5.91 Å². The minimum atomic E-state index is -1.09. The highest BCUT2D eigenvalue weighted by molar-refractivity contribution is 6.34. The van der Waals surface area contributed by atoms with Crippen LogP contribution in [0, 0.1) is 0 Å². The van der Waals surface area contributed by atoms with E-state index in [2.05, 4.69) is 5.32 Å². The van der Waals surface area contributed by atoms with Crippen LogP contribution in [0.5, 0.6) is 5.75 Å². The van der Waals surface area contributed by atoms with Gasteiger partial charge in [-0.3, -0.25) is 4.79 Å². The number of aromatic carboxylic acids is 1. The van der Waals surface area contributed by atoms with Gasteiger partial charge in [-0.2, -0.15) is 0 Å². The smallest absolute Gasteiger partial charge is 0.335 e. The summed E-state index contributed by atoms with van der Waals surface area (Å²) in [6.07, 6.45) is 0.0484. The Bertz CT molecular complexity index is 726. The number of hydrogen-bond acceptors (Lipinski definition) is 3. The van der Waals surface area contributed by atoms with Crippen LogP contribution in [0.4, 0.5) is 5.69 Å². The highest BCUT2D eigenvalue weighted by Gasteiger charge is 2.12. The standard InChI is InChI=1S/C17H16ClNO4/c1-10(2)23-13-6-3-11(4-7-13)16(20)19-15-9-12(17(21)22)5-8-14(15)18/h3-10H,1-2H3,(H,19,20)(H,21,22). The Balaban J connectivity index is 2.15. The predicted octanol–water partition coefficient (Wildman–Crippen LogP) is 4.08. The van der Waals surface area contributed by atoms with Crippen molar-refractivity contribution in [1.29, 1.82) is 0 Å². The molecule has 0 fully saturated rings. The van der Waals surface area contributed by atoms with Crippen LogP contribution in [0.25, 0.3) is 0 Å². The number of carboxylic acid groups (broad SMARTS) is 1. The maximum atomic E-state index is 12.2. The number of amides is 1. The van der Waals surface area contributed by atoms with Crippen molar-refractivity contribution in [3.63, 3.8) is 0 Å². The van der Waals surface area contributed by atoms with E-state index in [-0.39, 0.29) is 28.3 Å². The monoisotopic (exact) mass is 333 g/mol. The van der Waals surface area contributed by atoms with E-state index in [1.165, 1.54) is 18.2 Å². The molecular weight excluding hydrogens is 318 g/mol. The Hall–Kier alpha value is -2.53. The molecule has 120 valence electrons. The van der Waals surface area contributed by atoms with Gasteiger partial charge < -0.3 is 15.2 Å². The minimum Gasteiger partial charge on any atom is -0.491 e. The molecule has 0 aromatic heterocycles. The van der Waals surface area contributed by atoms with Crippen molar-refractivity contribution in [2.45, 2.75) is 20.0 Å². The fourth-order valence-electron chi connectivity index (χ4n) is 1.91. The summed E-state index contributed by atoms with van der Waals surface area (Å²) in [7, 11) is 0. The second-order valence-electron chi connectivity index (χ2n) is 5.14. The molecule has 2 aromatic rings. The number of carbonyl (C=O) groups is 2. The number of anilines is 1. The summed E-state index contributed by atoms with van der Waals surface area (Å²) >= 11 is 5.99. The van der Waals surface area contributed by atoms with Crippen molar-refractivity contribution in [3.8, 4) is 5.75 Å². The van der Waals surface area contributed by atoms with Crippen LogP contribution >= 0.6 is 11.6 Å². The molecule has 0 aliphatic carbocycles. The first kappa shape index (κ1) is 16.8. The molecule has 2 aromatic carbocycles. The number of carbonyl (C=O) groups excluding carboxylic acids is 1. The van der Waals surface area contributed by atoms with E-state index >= 15 is 0 Å². The van der Waals surface area contributed by atoms with Gasteiger partial charge in [0.05, 0.1) is 22.4 Å². The largest absolute Gasteiger partial charge is 0.491 e. The maximum absolute atomic E-state index is 12.2. The van der Waals surface area contributed by atoms with Crippen molar-refractivity contribution < 1.29 is 19.4 Å². The number of hydrogen-bond donors (Lipinski definition) is 2. The topological polar surface area (TPSA) is 75.6 Å². The summed E-state index contributed by atoms with van der Waals surface area (Å²) in [5, 5.41) is 11.9. The molecule has 0 aliphatic heterocycles. The van der Waals surface area contributed by atoms with Crippen molar-refractivity contribution in [2.24, 2.45) is 0 Å². The maximum Gasteiger partial charge on any atom is 0.335 e. The molecule has 6 heteroatoms. The fourth-order valence-corrected chi connectivity index (χ4v) is 2.07. The Labute approximate surface area is 138 Å². The third-order valence-corrected chi connectivity index (χ3v) is 3.28. The van der Waals surface area contributed by atoms with Crippen molar-refractivity contribution in [1.82, 2.24) is 0 Å². The summed E-state index contributed by atoms with van der Waals surface area (Å²) in [5.74, 6) is -0.805. The van der Waals surface area contributed by atoms with E-state index < -0.39 is 5.97 Å². The first-order chi connectivity index (χ1) is 10.9. The van der Waals surface area contributed by atoms with E-state index in [1.807, 2.05) is 13.8 Å². The third-order valence-electron chi connectivity index (χ3n) is 2.95. The summed E-state index contributed by atoms with van der Waals surface area (Å²) in [4.78, 5) is 23.2. The Morgan fingerprint density at radius 1 is 1.09 bits per heavy atom. The first-order valence-electron chi connectivity index (χ1n) is 6.97. The average molecular weight is 334 g/mol. The number of carboxylic acids is 1. The van der Waals surface area contributed by atoms with E-state index in [1.54, 1.807) is 24.3 Å². The van der Waals surface area contributed by atoms with Gasteiger partial charge >= 0.3 is 5.97 Å². The van der Waals surface area contributed by atoms with Gasteiger partial charge in [0.15, 0.2) is 0 Å². The lowest BCUT2D eigenvalue weighted by molar-refractivity contribution is 0.0696. The number of rotatable bonds is 5. The van der Waals surface area contributed by atoms with E-state index in [4.69, 9.17) is 21.4 Å². The Morgan fingerprint density at radius 3 is 2.26 bits per heavy atom. The van der Waals surface area contributed by atoms with Crippen LogP contribution in [-0.4, -0.2) is 23.1 Å². The summed E-state index contributed by atoms with van der Waals surface area (Å²) in [5.41, 5.74) is 0.711. The van der Waals surface area contributed by atoms with Crippen molar-refractivity contribution in [3.05, 3.63) is 58.6 Å². The van der Waals surface area contributed by atoms with E-state index in [0.29, 0.717) is 11.3 Å². The SMILES string of the molecule is CC(C)Oc1ccc(C(=O)Nc2cc(C(=O)O)ccc2Cl)cc1. The zero-order valence-electron chi connectivity index (χ0n) is 12.7. The molecule has 1 amide bonds. The normalized spacial score (nSPS) is 10.4. The van der Waals surface area contributed by atoms with Crippen molar-refractivity contribution in [2.75, 3.05) is 5.32 Å². The second kappa shape index (κ2) is 7.15. The van der Waals surface area contributed by atoms with Gasteiger partial charge in [0, 0.05) is 5.56 Å². The van der Waals surface area contributed by atoms with Crippen LogP contribution in [-0.2, 0) is 0 Å². The fraction of sp³-hybridized carbons (Fsp3) is 0.176. The molecule has 0 unspecified atom stereocenters. The Morgan fingerprint density at radius 2 is 1.70 bits per heavy atom. The molecule has 5 nitrogen and oxygen atoms in total. The number of ether oxygens (including phenoxy) is 1. The molecule has 0 aliphatic rings. The molecule has 0 atom stereocenters. The van der Waals surface area contributed by atoms with Crippen molar-refractivity contribution >= 4 is 29.2 Å². The zero-order chi connectivity index (χ0) is 17.0. The van der Waals surface area contributed by atoms with Gasteiger partial charge in [0.1, 0.15) is 5.75 Å². The van der Waals surface area contributed by atoms with Crippen LogP contribution in [0.2, 0.25) is 5.02 Å². The molecule has 0 heterocycles. The quantitative estimate of drug-likeness (QED) is 0.864. The number of benzene rings is 2. The van der Waals surface area contributed by atoms with Crippen LogP contribution in [0.1, 0.15) is 34.6 Å². The summed E-state index contributed by atoms with van der Waals surface area (Å²) in [6.45, 7) is 3.83. The highest BCUT2D eigenvalue weighted by atomic mass is 35.5. The lowest BCUT2D eigenvalue weighted by Gasteiger charge is -2.11. The molecule has 0 bridgehead atoms. The van der Waals surface area contributed by atoms with Gasteiger partial charge in [-0.1, -0.05) is 11.6 Å². The van der Waals surface area contributed by atoms with Gasteiger partial charge in [-0.25, -0.2) is 4.79 Å². The van der Waals surface area contributed by atoms with Crippen LogP contribution in [0.15, 0.2) is 42.5 Å². The second-order valence-corrected chi connectivity index (χ2v) is 5.55. The van der Waals surface area contributed by atoms with E-state index in [9.17, 15) is 9.59 Å². The van der Waals surface area contributed by atoms with E-state index in [0.717, 1.165) is 0 Å². The summed E-state index contributed by atoms with van der Waals surface area (Å²) in [6, 6.07) is 10.8. The minimum absolute atomic E-state index is 0.0466. The highest BCUT2D eigenvalue weighted by Crippen LogP contribution is 2.24. The third kappa shape index (κ3) is 4.47. The molecule has 0 radical (unpaired) electrons. The lowest BCUT2D eigenvalue weighted by atomic mass is 10.1. The first-order valence-corrected chi connectivity index (χ1v) is 7.35. The van der Waals surface area contributed by atoms with Gasteiger partial charge in [-0.05, 0) is 56.3 Å². The number of nitrogens with one attached hydrogen (secondary N) is 1. The van der Waals surface area contributed by atoms with Gasteiger partial charge in [0.2, 0.25) is 0 Å². The molecule has 2 rings (SSSR count).